The number of hydrogen-bond acceptors (Lipinski definition) is 5. The van der Waals surface area contributed by atoms with E-state index in [0.29, 0.717) is 22.8 Å². The monoisotopic (exact) mass is 391 g/mol. The van der Waals surface area contributed by atoms with Crippen LogP contribution >= 0.6 is 0 Å². The van der Waals surface area contributed by atoms with Crippen molar-refractivity contribution in [3.8, 4) is 11.4 Å². The van der Waals surface area contributed by atoms with Crippen molar-refractivity contribution in [3.63, 3.8) is 0 Å². The Labute approximate surface area is 166 Å². The highest BCUT2D eigenvalue weighted by molar-refractivity contribution is 5.94. The zero-order valence-electron chi connectivity index (χ0n) is 16.4. The summed E-state index contributed by atoms with van der Waals surface area (Å²) in [6.07, 6.45) is 0. The van der Waals surface area contributed by atoms with Crippen molar-refractivity contribution >= 4 is 16.9 Å². The average molecular weight is 391 g/mol. The van der Waals surface area contributed by atoms with Crippen LogP contribution in [0.1, 0.15) is 41.7 Å². The number of benzene rings is 2. The average Bonchev–Trinajstić information content (AvgIpc) is 3.29. The minimum atomic E-state index is -0.209. The normalized spacial score (nSPS) is 11.3. The molecule has 8 nitrogen and oxygen atoms in total. The van der Waals surface area contributed by atoms with Gasteiger partial charge in [0.05, 0.1) is 17.6 Å². The van der Waals surface area contributed by atoms with Gasteiger partial charge in [0.1, 0.15) is 0 Å². The number of H-pyrrole nitrogens is 1. The second kappa shape index (κ2) is 7.38. The Balaban J connectivity index is 1.50. The number of carbonyl (C=O) groups is 1. The third-order valence-corrected chi connectivity index (χ3v) is 4.67. The lowest BCUT2D eigenvalue weighted by atomic mass is 10.1. The molecule has 2 heterocycles. The maximum absolute atomic E-state index is 12.2. The van der Waals surface area contributed by atoms with Crippen LogP contribution in [-0.2, 0) is 6.54 Å². The van der Waals surface area contributed by atoms with E-state index < -0.39 is 0 Å². The van der Waals surface area contributed by atoms with Gasteiger partial charge in [-0.2, -0.15) is 4.98 Å². The molecule has 0 radical (unpaired) electrons. The number of imidazole rings is 1. The van der Waals surface area contributed by atoms with Crippen LogP contribution < -0.4 is 11.0 Å². The number of nitrogens with one attached hydrogen (secondary N) is 2. The first-order valence-corrected chi connectivity index (χ1v) is 9.34. The van der Waals surface area contributed by atoms with Gasteiger partial charge in [-0.1, -0.05) is 22.9 Å². The highest BCUT2D eigenvalue weighted by Gasteiger charge is 2.14. The van der Waals surface area contributed by atoms with Gasteiger partial charge in [-0.15, -0.1) is 0 Å². The molecule has 0 aliphatic rings. The summed E-state index contributed by atoms with van der Waals surface area (Å²) >= 11 is 0. The summed E-state index contributed by atoms with van der Waals surface area (Å²) in [7, 11) is 0. The number of carbonyl (C=O) groups excluding carboxylic acids is 1. The summed E-state index contributed by atoms with van der Waals surface area (Å²) in [6.45, 7) is 6.01. The minimum Gasteiger partial charge on any atom is -0.343 e. The highest BCUT2D eigenvalue weighted by Crippen LogP contribution is 2.22. The van der Waals surface area contributed by atoms with Gasteiger partial charge >= 0.3 is 5.69 Å². The first-order valence-electron chi connectivity index (χ1n) is 9.34. The largest absolute Gasteiger partial charge is 0.343 e. The van der Waals surface area contributed by atoms with Crippen LogP contribution in [0.4, 0.5) is 0 Å². The molecule has 0 fully saturated rings. The molecule has 4 rings (SSSR count). The van der Waals surface area contributed by atoms with Crippen LogP contribution in [0.25, 0.3) is 22.4 Å². The van der Waals surface area contributed by atoms with Crippen molar-refractivity contribution in [1.82, 2.24) is 25.0 Å². The first-order chi connectivity index (χ1) is 13.9. The number of aryl methyl sites for hydroxylation is 1. The van der Waals surface area contributed by atoms with Gasteiger partial charge in [0.25, 0.3) is 5.91 Å². The summed E-state index contributed by atoms with van der Waals surface area (Å²) in [4.78, 5) is 31.5. The predicted molar refractivity (Wildman–Crippen MR) is 109 cm³/mol. The SMILES string of the molecule is Cc1ccc(C(=O)NCc2nc(-c3ccc4c(c3)[nH]c(=O)n4C(C)C)no2)cc1. The van der Waals surface area contributed by atoms with Crippen molar-refractivity contribution < 1.29 is 9.32 Å². The van der Waals surface area contributed by atoms with Gasteiger partial charge in [-0.3, -0.25) is 9.36 Å². The molecule has 0 aliphatic carbocycles. The topological polar surface area (TPSA) is 106 Å². The molecule has 0 saturated heterocycles. The minimum absolute atomic E-state index is 0.0519. The first kappa shape index (κ1) is 18.7. The number of aromatic nitrogens is 4. The Hall–Kier alpha value is -3.68. The van der Waals surface area contributed by atoms with Crippen LogP contribution in [0, 0.1) is 6.92 Å². The number of rotatable bonds is 5. The molecule has 2 aromatic carbocycles. The number of aromatic amines is 1. The molecule has 0 spiro atoms. The van der Waals surface area contributed by atoms with Crippen LogP contribution in [0.15, 0.2) is 51.8 Å². The number of nitrogens with zero attached hydrogens (tertiary/aromatic N) is 3. The van der Waals surface area contributed by atoms with E-state index in [4.69, 9.17) is 4.52 Å². The maximum Gasteiger partial charge on any atom is 0.326 e. The summed E-state index contributed by atoms with van der Waals surface area (Å²) in [5.41, 5.74) is 3.75. The fraction of sp³-hybridized carbons (Fsp3) is 0.238. The summed E-state index contributed by atoms with van der Waals surface area (Å²) < 4.78 is 6.95. The fourth-order valence-corrected chi connectivity index (χ4v) is 3.19. The van der Waals surface area contributed by atoms with Crippen molar-refractivity contribution in [3.05, 3.63) is 70.0 Å². The third kappa shape index (κ3) is 3.69. The predicted octanol–water partition coefficient (Wildman–Crippen LogP) is 3.20. The molecule has 0 saturated carbocycles. The second-order valence-corrected chi connectivity index (χ2v) is 7.19. The van der Waals surface area contributed by atoms with Crippen LogP contribution in [0.3, 0.4) is 0 Å². The van der Waals surface area contributed by atoms with Gasteiger partial charge in [-0.25, -0.2) is 4.79 Å². The molecule has 4 aromatic rings. The van der Waals surface area contributed by atoms with E-state index in [0.717, 1.165) is 16.6 Å². The molecule has 2 aromatic heterocycles. The Bertz CT molecular complexity index is 1230. The van der Waals surface area contributed by atoms with Gasteiger partial charge in [-0.05, 0) is 51.1 Å². The van der Waals surface area contributed by atoms with E-state index in [1.54, 1.807) is 16.7 Å². The van der Waals surface area contributed by atoms with Crippen molar-refractivity contribution in [1.29, 1.82) is 0 Å². The Morgan fingerprint density at radius 3 is 2.69 bits per heavy atom. The number of fused-ring (bicyclic) bond motifs is 1. The molecule has 148 valence electrons. The van der Waals surface area contributed by atoms with E-state index in [9.17, 15) is 9.59 Å². The summed E-state index contributed by atoms with van der Waals surface area (Å²) in [6, 6.07) is 12.9. The lowest BCUT2D eigenvalue weighted by Crippen LogP contribution is -2.22. The molecule has 0 aliphatic heterocycles. The highest BCUT2D eigenvalue weighted by atomic mass is 16.5. The molecule has 0 atom stereocenters. The standard InChI is InChI=1S/C21H21N5O3/c1-12(2)26-17-9-8-15(10-16(17)23-21(26)28)19-24-18(29-25-19)11-22-20(27)14-6-4-13(3)5-7-14/h4-10,12H,11H2,1-3H3,(H,22,27)(H,23,28). The molecule has 2 N–H and O–H groups in total. The number of hydrogen-bond donors (Lipinski definition) is 2. The van der Waals surface area contributed by atoms with Gasteiger partial charge in [0, 0.05) is 17.2 Å². The lowest BCUT2D eigenvalue weighted by molar-refractivity contribution is 0.0946. The Kier molecular flexibility index (Phi) is 4.75. The van der Waals surface area contributed by atoms with E-state index in [1.165, 1.54) is 0 Å². The molecule has 0 unspecified atom stereocenters. The third-order valence-electron chi connectivity index (χ3n) is 4.67. The van der Waals surface area contributed by atoms with E-state index in [2.05, 4.69) is 20.4 Å². The smallest absolute Gasteiger partial charge is 0.326 e. The van der Waals surface area contributed by atoms with Crippen molar-refractivity contribution in [2.24, 2.45) is 0 Å². The van der Waals surface area contributed by atoms with Crippen LogP contribution in [0.2, 0.25) is 0 Å². The zero-order valence-corrected chi connectivity index (χ0v) is 16.4. The molecular formula is C21H21N5O3. The summed E-state index contributed by atoms with van der Waals surface area (Å²) in [5, 5.41) is 6.75. The van der Waals surface area contributed by atoms with Crippen molar-refractivity contribution in [2.75, 3.05) is 0 Å². The fourth-order valence-electron chi connectivity index (χ4n) is 3.19. The summed E-state index contributed by atoms with van der Waals surface area (Å²) in [5.74, 6) is 0.484. The number of amides is 1. The molecule has 0 bridgehead atoms. The van der Waals surface area contributed by atoms with E-state index in [1.807, 2.05) is 51.1 Å². The lowest BCUT2D eigenvalue weighted by Gasteiger charge is -2.06. The van der Waals surface area contributed by atoms with Crippen molar-refractivity contribution in [2.45, 2.75) is 33.4 Å². The van der Waals surface area contributed by atoms with Crippen LogP contribution in [0.5, 0.6) is 0 Å². The quantitative estimate of drug-likeness (QED) is 0.543. The molecule has 8 heteroatoms. The van der Waals surface area contributed by atoms with Gasteiger partial charge in [0.15, 0.2) is 0 Å². The van der Waals surface area contributed by atoms with Gasteiger partial charge in [0.2, 0.25) is 11.7 Å². The maximum atomic E-state index is 12.2. The zero-order chi connectivity index (χ0) is 20.5. The van der Waals surface area contributed by atoms with Crippen LogP contribution in [-0.4, -0.2) is 25.6 Å². The van der Waals surface area contributed by atoms with E-state index in [-0.39, 0.29) is 24.2 Å². The Morgan fingerprint density at radius 1 is 1.21 bits per heavy atom. The Morgan fingerprint density at radius 2 is 1.97 bits per heavy atom. The van der Waals surface area contributed by atoms with E-state index >= 15 is 0 Å². The molecule has 29 heavy (non-hydrogen) atoms. The molecular weight excluding hydrogens is 370 g/mol. The van der Waals surface area contributed by atoms with Gasteiger partial charge < -0.3 is 14.8 Å². The molecule has 1 amide bonds. The second-order valence-electron chi connectivity index (χ2n) is 7.19.